The fraction of sp³-hybridized carbons (Fsp3) is 0.667. The van der Waals surface area contributed by atoms with E-state index >= 15 is 0 Å². The van der Waals surface area contributed by atoms with Crippen LogP contribution in [0.15, 0.2) is 11.3 Å². The average Bonchev–Trinajstić information content (AvgIpc) is 1.97. The molecule has 0 aromatic rings. The summed E-state index contributed by atoms with van der Waals surface area (Å²) in [6, 6.07) is 0. The Labute approximate surface area is 92.8 Å². The van der Waals surface area contributed by atoms with Gasteiger partial charge in [-0.1, -0.05) is 11.6 Å². The molecule has 0 rings (SSSR count). The molecule has 0 aliphatic carbocycles. The molecular weight excluding hydrogens is 294 g/mol. The third-order valence-corrected chi connectivity index (χ3v) is 1.42. The van der Waals surface area contributed by atoms with Gasteiger partial charge in [0.05, 0.1) is 5.54 Å². The molecule has 0 aliphatic heterocycles. The molecule has 0 unspecified atom stereocenters. The maximum absolute atomic E-state index is 11.8. The summed E-state index contributed by atoms with van der Waals surface area (Å²) >= 11 is 4.45. The van der Waals surface area contributed by atoms with E-state index in [4.69, 9.17) is 0 Å². The van der Waals surface area contributed by atoms with Crippen molar-refractivity contribution in [2.24, 2.45) is 0 Å². The molecule has 0 bridgehead atoms. The zero-order valence-corrected chi connectivity index (χ0v) is 8.10. The molecule has 0 radical (unpaired) electrons. The Kier molecular flexibility index (Phi) is 4.60. The van der Waals surface area contributed by atoms with Crippen molar-refractivity contribution >= 4 is 11.6 Å². The Morgan fingerprint density at radius 3 is 1.41 bits per heavy atom. The minimum atomic E-state index is -6.05. The predicted molar refractivity (Wildman–Crippen MR) is 37.0 cm³/mol. The zero-order chi connectivity index (χ0) is 14.1. The number of hydrogen-bond acceptors (Lipinski definition) is 1. The van der Waals surface area contributed by atoms with Gasteiger partial charge in [-0.25, -0.2) is 0 Å². The van der Waals surface area contributed by atoms with Gasteiger partial charge in [-0.3, -0.25) is 0 Å². The van der Waals surface area contributed by atoms with Crippen LogP contribution in [-0.2, 0) is 4.74 Å². The lowest BCUT2D eigenvalue weighted by Gasteiger charge is -2.25. The van der Waals surface area contributed by atoms with Crippen LogP contribution < -0.4 is 0 Å². The van der Waals surface area contributed by atoms with E-state index in [0.29, 0.717) is 0 Å². The minimum absolute atomic E-state index is 0.551. The summed E-state index contributed by atoms with van der Waals surface area (Å²) in [5, 5.41) is 0. The molecule has 102 valence electrons. The first kappa shape index (κ1) is 16.2. The van der Waals surface area contributed by atoms with Crippen molar-refractivity contribution in [1.29, 1.82) is 0 Å². The highest BCUT2D eigenvalue weighted by atomic mass is 35.5. The standard InChI is InChI=1S/C6H2ClF9O/c7-1-2(4(8,9)10)17-3(5(11,12)13)6(14,15)16/h1,3H/b2-1+. The van der Waals surface area contributed by atoms with Gasteiger partial charge in [-0.2, -0.15) is 39.5 Å². The van der Waals surface area contributed by atoms with E-state index in [1.54, 1.807) is 0 Å². The second-order valence-corrected chi connectivity index (χ2v) is 2.77. The molecule has 0 spiro atoms. The van der Waals surface area contributed by atoms with Crippen molar-refractivity contribution in [3.05, 3.63) is 11.3 Å². The highest BCUT2D eigenvalue weighted by Crippen LogP contribution is 2.39. The van der Waals surface area contributed by atoms with Crippen LogP contribution >= 0.6 is 11.6 Å². The summed E-state index contributed by atoms with van der Waals surface area (Å²) in [5.41, 5.74) is -0.551. The number of ether oxygens (including phenoxy) is 1. The van der Waals surface area contributed by atoms with E-state index in [1.165, 1.54) is 0 Å². The van der Waals surface area contributed by atoms with Gasteiger partial charge in [0.15, 0.2) is 0 Å². The second-order valence-electron chi connectivity index (χ2n) is 2.55. The topological polar surface area (TPSA) is 9.23 Å². The Morgan fingerprint density at radius 1 is 0.882 bits per heavy atom. The van der Waals surface area contributed by atoms with E-state index in [9.17, 15) is 39.5 Å². The van der Waals surface area contributed by atoms with Crippen molar-refractivity contribution in [1.82, 2.24) is 0 Å². The molecule has 0 aromatic heterocycles. The average molecular weight is 297 g/mol. The number of allylic oxidation sites excluding steroid dienone is 1. The maximum atomic E-state index is 11.8. The third kappa shape index (κ3) is 4.92. The highest BCUT2D eigenvalue weighted by molar-refractivity contribution is 6.25. The van der Waals surface area contributed by atoms with Crippen molar-refractivity contribution in [2.45, 2.75) is 24.6 Å². The molecule has 0 aliphatic rings. The smallest absolute Gasteiger partial charge is 0.449 e. The van der Waals surface area contributed by atoms with Crippen LogP contribution in [0.3, 0.4) is 0 Å². The molecule has 0 aromatic carbocycles. The van der Waals surface area contributed by atoms with Crippen LogP contribution in [0.25, 0.3) is 0 Å². The van der Waals surface area contributed by atoms with Gasteiger partial charge in [-0.15, -0.1) is 0 Å². The van der Waals surface area contributed by atoms with Crippen LogP contribution in [0, 0.1) is 0 Å². The number of alkyl halides is 9. The maximum Gasteiger partial charge on any atom is 0.449 e. The summed E-state index contributed by atoms with van der Waals surface area (Å²) in [6.07, 6.45) is -22.2. The molecule has 11 heteroatoms. The molecular formula is C6H2ClF9O. The van der Waals surface area contributed by atoms with Crippen LogP contribution in [0.4, 0.5) is 39.5 Å². The van der Waals surface area contributed by atoms with E-state index < -0.39 is 35.9 Å². The van der Waals surface area contributed by atoms with Crippen LogP contribution in [-0.4, -0.2) is 24.6 Å². The van der Waals surface area contributed by atoms with Crippen LogP contribution in [0.5, 0.6) is 0 Å². The minimum Gasteiger partial charge on any atom is -0.465 e. The predicted octanol–water partition coefficient (Wildman–Crippen LogP) is 4.14. The number of halogens is 10. The van der Waals surface area contributed by atoms with Gasteiger partial charge in [0.25, 0.3) is 6.10 Å². The second kappa shape index (κ2) is 4.83. The van der Waals surface area contributed by atoms with E-state index in [1.807, 2.05) is 0 Å². The van der Waals surface area contributed by atoms with Gasteiger partial charge in [0, 0.05) is 0 Å². The first-order valence-electron chi connectivity index (χ1n) is 3.47. The molecule has 17 heavy (non-hydrogen) atoms. The lowest BCUT2D eigenvalue weighted by molar-refractivity contribution is -0.321. The molecule has 0 atom stereocenters. The summed E-state index contributed by atoms with van der Waals surface area (Å²) < 4.78 is 109. The van der Waals surface area contributed by atoms with Crippen molar-refractivity contribution < 1.29 is 44.3 Å². The summed E-state index contributed by atoms with van der Waals surface area (Å²) in [5.74, 6) is -2.58. The third-order valence-electron chi connectivity index (χ3n) is 1.22. The summed E-state index contributed by atoms with van der Waals surface area (Å²) in [6.45, 7) is 0. The summed E-state index contributed by atoms with van der Waals surface area (Å²) in [7, 11) is 0. The number of hydrogen-bond donors (Lipinski definition) is 0. The van der Waals surface area contributed by atoms with E-state index in [2.05, 4.69) is 16.3 Å². The van der Waals surface area contributed by atoms with Crippen LogP contribution in [0.2, 0.25) is 0 Å². The number of rotatable bonds is 2. The SMILES string of the molecule is FC(F)(F)/C(=C\Cl)OC(C(F)(F)F)C(F)(F)F. The van der Waals surface area contributed by atoms with Gasteiger partial charge >= 0.3 is 18.5 Å². The molecule has 1 nitrogen and oxygen atoms in total. The largest absolute Gasteiger partial charge is 0.465 e. The molecule has 0 N–H and O–H groups in total. The fourth-order valence-corrected chi connectivity index (χ4v) is 0.776. The monoisotopic (exact) mass is 296 g/mol. The molecule has 0 saturated heterocycles. The fourth-order valence-electron chi connectivity index (χ4n) is 0.601. The zero-order valence-electron chi connectivity index (χ0n) is 7.34. The quantitative estimate of drug-likeness (QED) is 0.550. The molecule has 0 fully saturated rings. The lowest BCUT2D eigenvalue weighted by Crippen LogP contribution is -2.45. The van der Waals surface area contributed by atoms with Gasteiger partial charge < -0.3 is 4.74 Å². The molecule has 0 heterocycles. The van der Waals surface area contributed by atoms with Crippen molar-refractivity contribution in [3.63, 3.8) is 0 Å². The van der Waals surface area contributed by atoms with E-state index in [-0.39, 0.29) is 0 Å². The highest BCUT2D eigenvalue weighted by Gasteiger charge is 2.60. The molecule has 0 amide bonds. The molecule has 0 saturated carbocycles. The van der Waals surface area contributed by atoms with E-state index in [0.717, 1.165) is 0 Å². The Balaban J connectivity index is 5.16. The Bertz CT molecular complexity index is 271. The Morgan fingerprint density at radius 2 is 1.24 bits per heavy atom. The van der Waals surface area contributed by atoms with Gasteiger partial charge in [0.1, 0.15) is 0 Å². The Hall–Kier alpha value is -0.800. The van der Waals surface area contributed by atoms with Gasteiger partial charge in [-0.05, 0) is 0 Å². The van der Waals surface area contributed by atoms with Crippen LogP contribution in [0.1, 0.15) is 0 Å². The summed E-state index contributed by atoms with van der Waals surface area (Å²) in [4.78, 5) is 0. The normalized spacial score (nSPS) is 15.4. The first-order chi connectivity index (χ1) is 7.30. The first-order valence-corrected chi connectivity index (χ1v) is 3.91. The van der Waals surface area contributed by atoms with Crippen molar-refractivity contribution in [2.75, 3.05) is 0 Å². The van der Waals surface area contributed by atoms with Gasteiger partial charge in [0.2, 0.25) is 5.76 Å². The van der Waals surface area contributed by atoms with Crippen molar-refractivity contribution in [3.8, 4) is 0 Å². The lowest BCUT2D eigenvalue weighted by atomic mass is 10.3.